The second-order valence-electron chi connectivity index (χ2n) is 6.46. The number of aromatic nitrogens is 4. The Morgan fingerprint density at radius 3 is 2.68 bits per heavy atom. The lowest BCUT2D eigenvalue weighted by molar-refractivity contribution is -0.131. The molecule has 4 rings (SSSR count). The van der Waals surface area contributed by atoms with Gasteiger partial charge in [0.05, 0.1) is 6.33 Å². The van der Waals surface area contributed by atoms with Gasteiger partial charge in [0.25, 0.3) is 0 Å². The normalized spacial score (nSPS) is 14.5. The molecule has 0 unspecified atom stereocenters. The number of carbonyl (C=O) groups is 1. The molecule has 1 saturated heterocycles. The second kappa shape index (κ2) is 7.97. The van der Waals surface area contributed by atoms with E-state index in [4.69, 9.17) is 11.6 Å². The number of nitrogens with one attached hydrogen (secondary N) is 2. The van der Waals surface area contributed by atoms with Gasteiger partial charge in [0, 0.05) is 44.8 Å². The third-order valence-electron chi connectivity index (χ3n) is 4.71. The summed E-state index contributed by atoms with van der Waals surface area (Å²) in [6, 6.07) is 6.43. The van der Waals surface area contributed by atoms with Crippen LogP contribution in [0.3, 0.4) is 0 Å². The summed E-state index contributed by atoms with van der Waals surface area (Å²) in [7, 11) is 0. The number of amides is 1. The molecule has 8 nitrogen and oxygen atoms in total. The second-order valence-corrected chi connectivity index (χ2v) is 6.80. The van der Waals surface area contributed by atoms with Crippen LogP contribution in [0.2, 0.25) is 5.28 Å². The highest BCUT2D eigenvalue weighted by Gasteiger charge is 2.21. The monoisotopic (exact) mass is 403 g/mol. The molecule has 3 heterocycles. The van der Waals surface area contributed by atoms with Crippen molar-refractivity contribution in [3.8, 4) is 0 Å². The minimum atomic E-state index is -0.248. The van der Waals surface area contributed by atoms with E-state index in [0.29, 0.717) is 43.0 Å². The van der Waals surface area contributed by atoms with Gasteiger partial charge in [0.15, 0.2) is 11.5 Å². The first-order valence-corrected chi connectivity index (χ1v) is 9.37. The number of anilines is 2. The molecular weight excluding hydrogens is 385 g/mol. The Morgan fingerprint density at radius 2 is 1.93 bits per heavy atom. The number of carbonyl (C=O) groups excluding carboxylic acids is 1. The Kier molecular flexibility index (Phi) is 5.25. The van der Waals surface area contributed by atoms with E-state index in [-0.39, 0.29) is 17.0 Å². The number of hydrogen-bond acceptors (Lipinski definition) is 6. The third-order valence-corrected chi connectivity index (χ3v) is 4.88. The lowest BCUT2D eigenvalue weighted by Crippen LogP contribution is -2.49. The Hall–Kier alpha value is -2.94. The molecule has 10 heteroatoms. The summed E-state index contributed by atoms with van der Waals surface area (Å²) < 4.78 is 13.1. The van der Waals surface area contributed by atoms with Crippen LogP contribution >= 0.6 is 11.6 Å². The van der Waals surface area contributed by atoms with Crippen LogP contribution in [0, 0.1) is 5.82 Å². The molecule has 1 fully saturated rings. The quantitative estimate of drug-likeness (QED) is 0.635. The van der Waals surface area contributed by atoms with Gasteiger partial charge in [-0.2, -0.15) is 9.97 Å². The molecule has 0 atom stereocenters. The van der Waals surface area contributed by atoms with Crippen molar-refractivity contribution in [3.05, 3.63) is 41.7 Å². The van der Waals surface area contributed by atoms with Crippen molar-refractivity contribution in [2.45, 2.75) is 6.42 Å². The Balaban J connectivity index is 1.28. The van der Waals surface area contributed by atoms with Crippen LogP contribution in [0.4, 0.5) is 15.9 Å². The number of H-pyrrole nitrogens is 1. The number of fused-ring (bicyclic) bond motifs is 1. The molecule has 0 radical (unpaired) electrons. The van der Waals surface area contributed by atoms with Crippen molar-refractivity contribution in [2.75, 3.05) is 42.9 Å². The predicted octanol–water partition coefficient (Wildman–Crippen LogP) is 2.30. The van der Waals surface area contributed by atoms with Crippen molar-refractivity contribution < 1.29 is 9.18 Å². The van der Waals surface area contributed by atoms with Gasteiger partial charge < -0.3 is 20.1 Å². The third kappa shape index (κ3) is 3.99. The summed E-state index contributed by atoms with van der Waals surface area (Å²) >= 11 is 5.90. The number of rotatable bonds is 5. The first kappa shape index (κ1) is 18.4. The molecule has 2 N–H and O–H groups in total. The number of hydrogen-bond donors (Lipinski definition) is 2. The lowest BCUT2D eigenvalue weighted by Gasteiger charge is -2.36. The SMILES string of the molecule is O=C(CCNc1nc(Cl)nc2nc[nH]c12)N1CCN(c2ccc(F)cc2)CC1. The van der Waals surface area contributed by atoms with E-state index in [9.17, 15) is 9.18 Å². The van der Waals surface area contributed by atoms with Crippen LogP contribution < -0.4 is 10.2 Å². The van der Waals surface area contributed by atoms with Gasteiger partial charge in [0.1, 0.15) is 11.3 Å². The summed E-state index contributed by atoms with van der Waals surface area (Å²) in [4.78, 5) is 31.7. The number of halogens is 2. The van der Waals surface area contributed by atoms with Crippen LogP contribution in [-0.2, 0) is 4.79 Å². The smallest absolute Gasteiger partial charge is 0.226 e. The Morgan fingerprint density at radius 1 is 1.18 bits per heavy atom. The fourth-order valence-electron chi connectivity index (χ4n) is 3.25. The first-order chi connectivity index (χ1) is 13.6. The van der Waals surface area contributed by atoms with Crippen LogP contribution in [-0.4, -0.2) is 63.5 Å². The van der Waals surface area contributed by atoms with Crippen molar-refractivity contribution >= 4 is 40.2 Å². The Labute approximate surface area is 165 Å². The minimum absolute atomic E-state index is 0.0762. The molecular formula is C18H19ClFN7O. The van der Waals surface area contributed by atoms with E-state index in [1.807, 2.05) is 4.90 Å². The van der Waals surface area contributed by atoms with Crippen LogP contribution in [0.1, 0.15) is 6.42 Å². The highest BCUT2D eigenvalue weighted by atomic mass is 35.5. The van der Waals surface area contributed by atoms with Crippen LogP contribution in [0.5, 0.6) is 0 Å². The zero-order valence-electron chi connectivity index (χ0n) is 15.0. The number of piperazine rings is 1. The van der Waals surface area contributed by atoms with Gasteiger partial charge in [-0.1, -0.05) is 0 Å². The lowest BCUT2D eigenvalue weighted by atomic mass is 10.2. The largest absolute Gasteiger partial charge is 0.368 e. The molecule has 0 spiro atoms. The van der Waals surface area contributed by atoms with Gasteiger partial charge in [-0.05, 0) is 35.9 Å². The van der Waals surface area contributed by atoms with E-state index in [1.54, 1.807) is 12.1 Å². The van der Waals surface area contributed by atoms with Crippen molar-refractivity contribution in [3.63, 3.8) is 0 Å². The van der Waals surface area contributed by atoms with Gasteiger partial charge in [-0.15, -0.1) is 0 Å². The zero-order chi connectivity index (χ0) is 19.5. The summed E-state index contributed by atoms with van der Waals surface area (Å²) in [5, 5.41) is 3.23. The maximum atomic E-state index is 13.1. The average Bonchev–Trinajstić information content (AvgIpc) is 3.17. The standard InChI is InChI=1S/C18H19ClFN7O/c19-18-24-16(15-17(25-18)23-11-22-15)21-6-5-14(28)27-9-7-26(8-10-27)13-3-1-12(20)2-4-13/h1-4,11H,5-10H2,(H2,21,22,23,24,25). The molecule has 0 saturated carbocycles. The molecule has 0 bridgehead atoms. The number of benzene rings is 1. The first-order valence-electron chi connectivity index (χ1n) is 8.99. The van der Waals surface area contributed by atoms with Crippen LogP contribution in [0.25, 0.3) is 11.2 Å². The van der Waals surface area contributed by atoms with Gasteiger partial charge in [-0.25, -0.2) is 9.37 Å². The van der Waals surface area contributed by atoms with Gasteiger partial charge >= 0.3 is 0 Å². The zero-order valence-corrected chi connectivity index (χ0v) is 15.8. The van der Waals surface area contributed by atoms with Gasteiger partial charge in [0.2, 0.25) is 11.2 Å². The van der Waals surface area contributed by atoms with Crippen molar-refractivity contribution in [1.29, 1.82) is 0 Å². The van der Waals surface area contributed by atoms with E-state index < -0.39 is 0 Å². The molecule has 28 heavy (non-hydrogen) atoms. The highest BCUT2D eigenvalue weighted by molar-refractivity contribution is 6.28. The average molecular weight is 404 g/mol. The molecule has 1 aliphatic rings. The summed E-state index contributed by atoms with van der Waals surface area (Å²) in [6.45, 7) is 3.15. The summed E-state index contributed by atoms with van der Waals surface area (Å²) in [5.74, 6) is 0.358. The predicted molar refractivity (Wildman–Crippen MR) is 105 cm³/mol. The van der Waals surface area contributed by atoms with Crippen molar-refractivity contribution in [2.24, 2.45) is 0 Å². The van der Waals surface area contributed by atoms with E-state index in [2.05, 4.69) is 30.2 Å². The maximum Gasteiger partial charge on any atom is 0.226 e. The Bertz CT molecular complexity index is 970. The van der Waals surface area contributed by atoms with Gasteiger partial charge in [-0.3, -0.25) is 4.79 Å². The number of aromatic amines is 1. The fraction of sp³-hybridized carbons (Fsp3) is 0.333. The molecule has 1 aromatic carbocycles. The van der Waals surface area contributed by atoms with Crippen LogP contribution in [0.15, 0.2) is 30.6 Å². The van der Waals surface area contributed by atoms with E-state index in [1.165, 1.54) is 18.5 Å². The molecule has 0 aliphatic carbocycles. The van der Waals surface area contributed by atoms with E-state index in [0.717, 1.165) is 18.8 Å². The minimum Gasteiger partial charge on any atom is -0.368 e. The molecule has 1 aliphatic heterocycles. The summed E-state index contributed by atoms with van der Waals surface area (Å²) in [6.07, 6.45) is 1.86. The topological polar surface area (TPSA) is 90.0 Å². The number of imidazole rings is 1. The fourth-order valence-corrected chi connectivity index (χ4v) is 3.41. The molecule has 146 valence electrons. The van der Waals surface area contributed by atoms with Crippen molar-refractivity contribution in [1.82, 2.24) is 24.8 Å². The highest BCUT2D eigenvalue weighted by Crippen LogP contribution is 2.19. The van der Waals surface area contributed by atoms with E-state index >= 15 is 0 Å². The molecule has 2 aromatic heterocycles. The molecule has 3 aromatic rings. The number of nitrogens with zero attached hydrogens (tertiary/aromatic N) is 5. The molecule has 1 amide bonds. The maximum absolute atomic E-state index is 13.1. The summed E-state index contributed by atoms with van der Waals surface area (Å²) in [5.41, 5.74) is 2.11.